The van der Waals surface area contributed by atoms with E-state index in [0.29, 0.717) is 12.5 Å². The summed E-state index contributed by atoms with van der Waals surface area (Å²) in [5.41, 5.74) is 0. The molecule has 0 aliphatic carbocycles. The van der Waals surface area contributed by atoms with Crippen LogP contribution in [0.3, 0.4) is 0 Å². The first-order valence-electron chi connectivity index (χ1n) is 5.95. The van der Waals surface area contributed by atoms with Crippen molar-refractivity contribution in [2.75, 3.05) is 25.6 Å². The van der Waals surface area contributed by atoms with E-state index in [9.17, 15) is 4.79 Å². The third-order valence-electron chi connectivity index (χ3n) is 2.79. The highest BCUT2D eigenvalue weighted by Crippen LogP contribution is 2.30. The predicted octanol–water partition coefficient (Wildman–Crippen LogP) is 2.49. The molecule has 1 aliphatic rings. The number of thioether (sulfide) groups is 1. The van der Waals surface area contributed by atoms with Gasteiger partial charge in [-0.15, -0.1) is 11.8 Å². The Kier molecular flexibility index (Phi) is 5.62. The second-order valence-corrected chi connectivity index (χ2v) is 6.24. The molecule has 0 aromatic rings. The molecule has 0 aromatic heterocycles. The Morgan fingerprint density at radius 3 is 2.62 bits per heavy atom. The van der Waals surface area contributed by atoms with E-state index in [4.69, 9.17) is 9.47 Å². The van der Waals surface area contributed by atoms with Crippen molar-refractivity contribution in [3.05, 3.63) is 0 Å². The fourth-order valence-electron chi connectivity index (χ4n) is 1.60. The van der Waals surface area contributed by atoms with Crippen LogP contribution in [0.25, 0.3) is 0 Å². The average Bonchev–Trinajstić information content (AvgIpc) is 2.28. The Balaban J connectivity index is 2.31. The van der Waals surface area contributed by atoms with Crippen molar-refractivity contribution < 1.29 is 14.3 Å². The van der Waals surface area contributed by atoms with E-state index in [-0.39, 0.29) is 5.97 Å². The minimum absolute atomic E-state index is 0.105. The van der Waals surface area contributed by atoms with Crippen LogP contribution in [0.4, 0.5) is 0 Å². The van der Waals surface area contributed by atoms with Crippen LogP contribution in [0.15, 0.2) is 0 Å². The van der Waals surface area contributed by atoms with E-state index in [1.54, 1.807) is 11.8 Å². The van der Waals surface area contributed by atoms with Gasteiger partial charge in [-0.25, -0.2) is 0 Å². The van der Waals surface area contributed by atoms with E-state index in [1.807, 2.05) is 20.8 Å². The average molecular weight is 246 g/mol. The predicted molar refractivity (Wildman–Crippen MR) is 66.7 cm³/mol. The molecule has 0 amide bonds. The first-order valence-corrected chi connectivity index (χ1v) is 6.93. The number of rotatable bonds is 5. The number of esters is 1. The van der Waals surface area contributed by atoms with Crippen molar-refractivity contribution in [3.63, 3.8) is 0 Å². The van der Waals surface area contributed by atoms with E-state index < -0.39 is 4.75 Å². The first-order chi connectivity index (χ1) is 7.56. The van der Waals surface area contributed by atoms with E-state index in [1.165, 1.54) is 0 Å². The minimum Gasteiger partial charge on any atom is -0.465 e. The molecule has 1 aliphatic heterocycles. The van der Waals surface area contributed by atoms with E-state index in [2.05, 4.69) is 0 Å². The van der Waals surface area contributed by atoms with Crippen LogP contribution in [0.1, 0.15) is 33.6 Å². The molecule has 0 unspecified atom stereocenters. The second kappa shape index (κ2) is 6.50. The zero-order valence-electron chi connectivity index (χ0n) is 10.5. The molecular weight excluding hydrogens is 224 g/mol. The van der Waals surface area contributed by atoms with Crippen LogP contribution in [0.2, 0.25) is 0 Å². The lowest BCUT2D eigenvalue weighted by Crippen LogP contribution is -2.32. The highest BCUT2D eigenvalue weighted by molar-refractivity contribution is 8.01. The molecule has 1 saturated heterocycles. The van der Waals surface area contributed by atoms with Gasteiger partial charge in [-0.2, -0.15) is 0 Å². The lowest BCUT2D eigenvalue weighted by atomic mass is 10.0. The summed E-state index contributed by atoms with van der Waals surface area (Å²) in [6, 6.07) is 0. The van der Waals surface area contributed by atoms with Gasteiger partial charge in [0.15, 0.2) is 0 Å². The Labute approximate surface area is 102 Å². The molecule has 16 heavy (non-hydrogen) atoms. The molecule has 0 atom stereocenters. The van der Waals surface area contributed by atoms with E-state index >= 15 is 0 Å². The fraction of sp³-hybridized carbons (Fsp3) is 0.917. The normalized spacial score (nSPS) is 18.4. The molecule has 0 aromatic carbocycles. The van der Waals surface area contributed by atoms with Crippen molar-refractivity contribution in [2.45, 2.75) is 38.4 Å². The van der Waals surface area contributed by atoms with Crippen molar-refractivity contribution in [2.24, 2.45) is 5.92 Å². The largest absolute Gasteiger partial charge is 0.465 e. The van der Waals surface area contributed by atoms with Gasteiger partial charge in [0.25, 0.3) is 0 Å². The quantitative estimate of drug-likeness (QED) is 0.698. The van der Waals surface area contributed by atoms with Crippen LogP contribution in [0.5, 0.6) is 0 Å². The maximum absolute atomic E-state index is 11.7. The number of carbonyl (C=O) groups is 1. The number of hydrogen-bond donors (Lipinski definition) is 0. The van der Waals surface area contributed by atoms with Crippen LogP contribution >= 0.6 is 11.8 Å². The van der Waals surface area contributed by atoms with Gasteiger partial charge in [0.05, 0.1) is 6.61 Å². The summed E-state index contributed by atoms with van der Waals surface area (Å²) in [7, 11) is 0. The standard InChI is InChI=1S/C12H22O3S/c1-4-15-11(13)12(2,3)16-9-10-5-7-14-8-6-10/h10H,4-9H2,1-3H3. The number of carbonyl (C=O) groups excluding carboxylic acids is 1. The number of ether oxygens (including phenoxy) is 2. The summed E-state index contributed by atoms with van der Waals surface area (Å²) in [6.45, 7) is 7.91. The van der Waals surface area contributed by atoms with Crippen molar-refractivity contribution >= 4 is 17.7 Å². The molecule has 3 nitrogen and oxygen atoms in total. The Morgan fingerprint density at radius 2 is 2.06 bits per heavy atom. The molecule has 1 heterocycles. The lowest BCUT2D eigenvalue weighted by molar-refractivity contribution is -0.145. The van der Waals surface area contributed by atoms with Gasteiger partial charge in [-0.05, 0) is 45.3 Å². The van der Waals surface area contributed by atoms with Crippen LogP contribution in [-0.2, 0) is 14.3 Å². The van der Waals surface area contributed by atoms with Gasteiger partial charge in [-0.1, -0.05) is 0 Å². The number of hydrogen-bond acceptors (Lipinski definition) is 4. The summed E-state index contributed by atoms with van der Waals surface area (Å²) in [5.74, 6) is 1.61. The summed E-state index contributed by atoms with van der Waals surface area (Å²) in [4.78, 5) is 11.7. The highest BCUT2D eigenvalue weighted by Gasteiger charge is 2.30. The second-order valence-electron chi connectivity index (χ2n) is 4.60. The van der Waals surface area contributed by atoms with Gasteiger partial charge in [0.2, 0.25) is 0 Å². The highest BCUT2D eigenvalue weighted by atomic mass is 32.2. The monoisotopic (exact) mass is 246 g/mol. The Bertz CT molecular complexity index is 222. The fourth-order valence-corrected chi connectivity index (χ4v) is 2.77. The summed E-state index contributed by atoms with van der Waals surface area (Å²) in [5, 5.41) is 0. The maximum atomic E-state index is 11.7. The smallest absolute Gasteiger partial charge is 0.321 e. The molecule has 4 heteroatoms. The van der Waals surface area contributed by atoms with Gasteiger partial charge < -0.3 is 9.47 Å². The van der Waals surface area contributed by atoms with Crippen LogP contribution in [0, 0.1) is 5.92 Å². The molecule has 0 saturated carbocycles. The Morgan fingerprint density at radius 1 is 1.44 bits per heavy atom. The maximum Gasteiger partial charge on any atom is 0.321 e. The molecule has 0 spiro atoms. The van der Waals surface area contributed by atoms with Crippen LogP contribution < -0.4 is 0 Å². The molecule has 0 radical (unpaired) electrons. The van der Waals surface area contributed by atoms with Gasteiger partial charge in [-0.3, -0.25) is 4.79 Å². The summed E-state index contributed by atoms with van der Waals surface area (Å²) in [6.07, 6.45) is 2.23. The molecule has 94 valence electrons. The minimum atomic E-state index is -0.422. The van der Waals surface area contributed by atoms with Crippen molar-refractivity contribution in [1.29, 1.82) is 0 Å². The van der Waals surface area contributed by atoms with E-state index in [0.717, 1.165) is 31.8 Å². The third-order valence-corrected chi connectivity index (χ3v) is 4.31. The SMILES string of the molecule is CCOC(=O)C(C)(C)SCC1CCOCC1. The molecule has 0 N–H and O–H groups in total. The molecular formula is C12H22O3S. The molecule has 1 fully saturated rings. The summed E-state index contributed by atoms with van der Waals surface area (Å²) < 4.78 is 9.96. The zero-order chi connectivity index (χ0) is 12.0. The van der Waals surface area contributed by atoms with Crippen molar-refractivity contribution in [1.82, 2.24) is 0 Å². The zero-order valence-corrected chi connectivity index (χ0v) is 11.3. The van der Waals surface area contributed by atoms with Crippen LogP contribution in [-0.4, -0.2) is 36.3 Å². The summed E-state index contributed by atoms with van der Waals surface area (Å²) >= 11 is 1.70. The Hall–Kier alpha value is -0.220. The van der Waals surface area contributed by atoms with Gasteiger partial charge >= 0.3 is 5.97 Å². The molecule has 1 rings (SSSR count). The van der Waals surface area contributed by atoms with Gasteiger partial charge in [0.1, 0.15) is 4.75 Å². The first kappa shape index (κ1) is 13.8. The van der Waals surface area contributed by atoms with Gasteiger partial charge in [0, 0.05) is 13.2 Å². The van der Waals surface area contributed by atoms with Crippen molar-refractivity contribution in [3.8, 4) is 0 Å². The lowest BCUT2D eigenvalue weighted by Gasteiger charge is -2.26. The molecule has 0 bridgehead atoms. The topological polar surface area (TPSA) is 35.5 Å². The third kappa shape index (κ3) is 4.34.